The zero-order chi connectivity index (χ0) is 22.2. The van der Waals surface area contributed by atoms with Crippen molar-refractivity contribution in [3.8, 4) is 0 Å². The van der Waals surface area contributed by atoms with Crippen molar-refractivity contribution in [3.05, 3.63) is 47.3 Å². The number of amides is 1. The van der Waals surface area contributed by atoms with Gasteiger partial charge in [-0.15, -0.1) is 0 Å². The summed E-state index contributed by atoms with van der Waals surface area (Å²) in [5.74, 6) is -0.236. The molecule has 168 valence electrons. The molecule has 31 heavy (non-hydrogen) atoms. The summed E-state index contributed by atoms with van der Waals surface area (Å²) in [4.78, 5) is 17.3. The molecule has 1 aromatic heterocycles. The molecule has 2 unspecified atom stereocenters. The smallest absolute Gasteiger partial charge is 0.384 e. The zero-order valence-electron chi connectivity index (χ0n) is 17.8. The largest absolute Gasteiger partial charge is 0.419 e. The Balaban J connectivity index is 1.60. The third-order valence-corrected chi connectivity index (χ3v) is 6.53. The first-order chi connectivity index (χ1) is 14.7. The van der Waals surface area contributed by atoms with Gasteiger partial charge in [0.25, 0.3) is 0 Å². The number of likely N-dealkylation sites (N-methyl/N-ethyl adjacent to an activating group) is 1. The molecule has 1 fully saturated rings. The van der Waals surface area contributed by atoms with Crippen molar-refractivity contribution in [1.29, 1.82) is 0 Å². The SMILES string of the molecule is Cc1cccc2c1NCCC1CCC(CN(C(=O)Cn3cc(C(F)(F)F)cn3)C2)N1C. The number of aryl methyl sites for hydroxylation is 1. The summed E-state index contributed by atoms with van der Waals surface area (Å²) < 4.78 is 39.8. The quantitative estimate of drug-likeness (QED) is 0.785. The highest BCUT2D eigenvalue weighted by atomic mass is 19.4. The van der Waals surface area contributed by atoms with Crippen LogP contribution in [0.1, 0.15) is 36.0 Å². The molecule has 2 aromatic rings. The molecule has 0 spiro atoms. The minimum Gasteiger partial charge on any atom is -0.384 e. The fraction of sp³-hybridized carbons (Fsp3) is 0.545. The Kier molecular flexibility index (Phi) is 5.96. The van der Waals surface area contributed by atoms with E-state index in [1.165, 1.54) is 0 Å². The van der Waals surface area contributed by atoms with Crippen molar-refractivity contribution in [2.24, 2.45) is 0 Å². The summed E-state index contributed by atoms with van der Waals surface area (Å²) in [5.41, 5.74) is 2.33. The molecule has 2 atom stereocenters. The van der Waals surface area contributed by atoms with Crippen molar-refractivity contribution >= 4 is 11.6 Å². The molecule has 0 radical (unpaired) electrons. The van der Waals surface area contributed by atoms with Crippen LogP contribution in [-0.4, -0.2) is 57.7 Å². The third-order valence-electron chi connectivity index (χ3n) is 6.53. The summed E-state index contributed by atoms with van der Waals surface area (Å²) in [6, 6.07) is 6.72. The molecule has 0 aliphatic carbocycles. The van der Waals surface area contributed by atoms with E-state index in [2.05, 4.69) is 22.4 Å². The van der Waals surface area contributed by atoms with E-state index in [9.17, 15) is 18.0 Å². The van der Waals surface area contributed by atoms with Gasteiger partial charge >= 0.3 is 6.18 Å². The predicted octanol–water partition coefficient (Wildman–Crippen LogP) is 3.52. The average molecular weight is 435 g/mol. The first kappa shape index (κ1) is 21.7. The van der Waals surface area contributed by atoms with Crippen molar-refractivity contribution in [2.75, 3.05) is 25.5 Å². The lowest BCUT2D eigenvalue weighted by molar-refractivity contribution is -0.138. The highest BCUT2D eigenvalue weighted by Crippen LogP contribution is 2.30. The Morgan fingerprint density at radius 1 is 1.23 bits per heavy atom. The molecular weight excluding hydrogens is 407 g/mol. The summed E-state index contributed by atoms with van der Waals surface area (Å²) in [6.45, 7) is 3.64. The summed E-state index contributed by atoms with van der Waals surface area (Å²) in [5, 5.41) is 7.31. The average Bonchev–Trinajstić information content (AvgIpc) is 3.29. The first-order valence-corrected chi connectivity index (χ1v) is 10.6. The first-order valence-electron chi connectivity index (χ1n) is 10.6. The number of hydrogen-bond donors (Lipinski definition) is 1. The number of fused-ring (bicyclic) bond motifs is 3. The molecule has 9 heteroatoms. The number of nitrogens with one attached hydrogen (secondary N) is 1. The summed E-state index contributed by atoms with van der Waals surface area (Å²) in [7, 11) is 2.10. The van der Waals surface area contributed by atoms with Gasteiger partial charge in [-0.3, -0.25) is 14.4 Å². The van der Waals surface area contributed by atoms with Crippen molar-refractivity contribution in [2.45, 2.75) is 57.5 Å². The molecule has 1 N–H and O–H groups in total. The summed E-state index contributed by atoms with van der Waals surface area (Å²) in [6.07, 6.45) is 0.299. The van der Waals surface area contributed by atoms with E-state index in [0.717, 1.165) is 59.7 Å². The molecule has 1 amide bonds. The van der Waals surface area contributed by atoms with Crippen LogP contribution in [0.5, 0.6) is 0 Å². The van der Waals surface area contributed by atoms with E-state index in [4.69, 9.17) is 0 Å². The van der Waals surface area contributed by atoms with E-state index in [0.29, 0.717) is 19.1 Å². The van der Waals surface area contributed by atoms with E-state index in [1.54, 1.807) is 4.90 Å². The second-order valence-electron chi connectivity index (χ2n) is 8.57. The molecule has 3 heterocycles. The number of alkyl halides is 3. The number of carbonyl (C=O) groups excluding carboxylic acids is 1. The van der Waals surface area contributed by atoms with Crippen LogP contribution >= 0.6 is 0 Å². The molecule has 2 bridgehead atoms. The number of carbonyl (C=O) groups is 1. The van der Waals surface area contributed by atoms with Crippen molar-refractivity contribution in [1.82, 2.24) is 19.6 Å². The molecular formula is C22H28F3N5O. The zero-order valence-corrected chi connectivity index (χ0v) is 17.8. The molecule has 0 saturated carbocycles. The monoisotopic (exact) mass is 435 g/mol. The van der Waals surface area contributed by atoms with Crippen LogP contribution < -0.4 is 5.32 Å². The minimum absolute atomic E-state index is 0.218. The number of benzene rings is 1. The topological polar surface area (TPSA) is 53.4 Å². The molecule has 4 rings (SSSR count). The number of para-hydroxylation sites is 1. The van der Waals surface area contributed by atoms with Crippen LogP contribution in [0.4, 0.5) is 18.9 Å². The van der Waals surface area contributed by atoms with Gasteiger partial charge in [-0.2, -0.15) is 18.3 Å². The molecule has 1 saturated heterocycles. The van der Waals surface area contributed by atoms with E-state index in [1.807, 2.05) is 25.1 Å². The van der Waals surface area contributed by atoms with Gasteiger partial charge in [0.05, 0.1) is 11.8 Å². The van der Waals surface area contributed by atoms with Gasteiger partial charge in [-0.25, -0.2) is 0 Å². The maximum atomic E-state index is 13.2. The number of rotatable bonds is 2. The van der Waals surface area contributed by atoms with Crippen molar-refractivity contribution < 1.29 is 18.0 Å². The lowest BCUT2D eigenvalue weighted by atomic mass is 10.1. The predicted molar refractivity (Wildman–Crippen MR) is 112 cm³/mol. The fourth-order valence-electron chi connectivity index (χ4n) is 4.68. The number of hydrogen-bond acceptors (Lipinski definition) is 4. The number of halogens is 3. The van der Waals surface area contributed by atoms with Gasteiger partial charge < -0.3 is 10.2 Å². The fourth-order valence-corrected chi connectivity index (χ4v) is 4.68. The van der Waals surface area contributed by atoms with E-state index in [-0.39, 0.29) is 18.5 Å². The van der Waals surface area contributed by atoms with E-state index < -0.39 is 11.7 Å². The van der Waals surface area contributed by atoms with Gasteiger partial charge in [0.15, 0.2) is 0 Å². The minimum atomic E-state index is -4.47. The molecule has 6 nitrogen and oxygen atoms in total. The van der Waals surface area contributed by atoms with Gasteiger partial charge in [0.2, 0.25) is 5.91 Å². The Morgan fingerprint density at radius 2 is 2.00 bits per heavy atom. The Morgan fingerprint density at radius 3 is 2.74 bits per heavy atom. The maximum absolute atomic E-state index is 13.2. The van der Waals surface area contributed by atoms with Gasteiger partial charge in [0.1, 0.15) is 6.54 Å². The maximum Gasteiger partial charge on any atom is 0.419 e. The van der Waals surface area contributed by atoms with Crippen LogP contribution in [0.3, 0.4) is 0 Å². The van der Waals surface area contributed by atoms with Crippen LogP contribution in [0.15, 0.2) is 30.6 Å². The number of anilines is 1. The lowest BCUT2D eigenvalue weighted by Gasteiger charge is -2.31. The Labute approximate surface area is 180 Å². The van der Waals surface area contributed by atoms with Crippen LogP contribution in [0, 0.1) is 6.92 Å². The summed E-state index contributed by atoms with van der Waals surface area (Å²) >= 11 is 0. The third kappa shape index (κ3) is 4.71. The van der Waals surface area contributed by atoms with E-state index >= 15 is 0 Å². The Bertz CT molecular complexity index is 941. The van der Waals surface area contributed by atoms with Crippen LogP contribution in [0.25, 0.3) is 0 Å². The van der Waals surface area contributed by atoms with Crippen LogP contribution in [0.2, 0.25) is 0 Å². The number of aromatic nitrogens is 2. The molecule has 2 aliphatic rings. The standard InChI is InChI=1S/C22H28F3N5O/c1-15-4-3-5-16-11-29(20(31)14-30-12-17(10-27-30)22(23,24)25)13-19-7-6-18(28(19)2)8-9-26-21(15)16/h3-5,10,12,18-19,26H,6-9,11,13-14H2,1-2H3. The second kappa shape index (κ2) is 8.53. The number of nitrogens with zero attached hydrogens (tertiary/aromatic N) is 4. The van der Waals surface area contributed by atoms with Crippen LogP contribution in [-0.2, 0) is 24.1 Å². The molecule has 1 aromatic carbocycles. The second-order valence-corrected chi connectivity index (χ2v) is 8.57. The van der Waals surface area contributed by atoms with Gasteiger partial charge in [0, 0.05) is 43.6 Å². The van der Waals surface area contributed by atoms with Gasteiger partial charge in [-0.05, 0) is 44.4 Å². The Hall–Kier alpha value is -2.55. The lowest BCUT2D eigenvalue weighted by Crippen LogP contribution is -2.44. The molecule has 2 aliphatic heterocycles. The highest BCUT2D eigenvalue weighted by molar-refractivity contribution is 5.76. The van der Waals surface area contributed by atoms with Crippen molar-refractivity contribution in [3.63, 3.8) is 0 Å². The highest BCUT2D eigenvalue weighted by Gasteiger charge is 2.34. The normalized spacial score (nSPS) is 22.5. The van der Waals surface area contributed by atoms with Gasteiger partial charge in [-0.1, -0.05) is 18.2 Å².